The molecule has 3 fully saturated rings. The Labute approximate surface area is 150 Å². The fraction of sp³-hybridized carbons (Fsp3) is 0.636. The lowest BCUT2D eigenvalue weighted by Gasteiger charge is -2.60. The van der Waals surface area contributed by atoms with Gasteiger partial charge in [-0.05, 0) is 61.6 Å². The second-order valence-electron chi connectivity index (χ2n) is 8.95. The summed E-state index contributed by atoms with van der Waals surface area (Å²) in [4.78, 5) is 2.84. The van der Waals surface area contributed by atoms with Crippen LogP contribution >= 0.6 is 0 Å². The predicted molar refractivity (Wildman–Crippen MR) is 100 cm³/mol. The Kier molecular flexibility index (Phi) is 3.31. The van der Waals surface area contributed by atoms with Gasteiger partial charge >= 0.3 is 0 Å². The van der Waals surface area contributed by atoms with Gasteiger partial charge in [0.2, 0.25) is 0 Å². The van der Waals surface area contributed by atoms with Gasteiger partial charge in [-0.15, -0.1) is 0 Å². The summed E-state index contributed by atoms with van der Waals surface area (Å²) in [5.74, 6) is 2.88. The Morgan fingerprint density at radius 3 is 2.92 bits per heavy atom. The van der Waals surface area contributed by atoms with Crippen molar-refractivity contribution in [3.05, 3.63) is 29.5 Å². The van der Waals surface area contributed by atoms with Crippen LogP contribution in [-0.4, -0.2) is 28.6 Å². The van der Waals surface area contributed by atoms with Gasteiger partial charge in [-0.3, -0.25) is 4.90 Å². The van der Waals surface area contributed by atoms with Crippen LogP contribution in [0.1, 0.15) is 63.7 Å². The van der Waals surface area contributed by atoms with Gasteiger partial charge in [-0.2, -0.15) is 0 Å². The quantitative estimate of drug-likeness (QED) is 0.830. The molecule has 3 aliphatic heterocycles. The summed E-state index contributed by atoms with van der Waals surface area (Å²) >= 11 is 0. The molecule has 3 nitrogen and oxygen atoms in total. The second-order valence-corrected chi connectivity index (χ2v) is 8.95. The molecule has 25 heavy (non-hydrogen) atoms. The molecule has 6 rings (SSSR count). The number of phenolic OH excluding ortho intramolecular Hbond substituents is 1. The number of benzene rings is 1. The molecule has 0 spiro atoms. The lowest BCUT2D eigenvalue weighted by atomic mass is 9.57. The van der Waals surface area contributed by atoms with E-state index >= 15 is 0 Å². The van der Waals surface area contributed by atoms with Crippen molar-refractivity contribution in [3.63, 3.8) is 0 Å². The molecule has 4 heterocycles. The van der Waals surface area contributed by atoms with Crippen LogP contribution in [0.2, 0.25) is 0 Å². The highest BCUT2D eigenvalue weighted by atomic mass is 16.3. The topological polar surface area (TPSA) is 36.6 Å². The van der Waals surface area contributed by atoms with Crippen LogP contribution in [0, 0.1) is 11.3 Å². The Balaban J connectivity index is 1.74. The first-order chi connectivity index (χ1) is 12.0. The van der Waals surface area contributed by atoms with Gasteiger partial charge in [0.25, 0.3) is 0 Å². The number of phenols is 1. The molecular weight excluding hydrogens is 310 g/mol. The van der Waals surface area contributed by atoms with E-state index in [1.807, 2.05) is 12.1 Å². The normalized spacial score (nSPS) is 39.4. The van der Waals surface area contributed by atoms with E-state index in [2.05, 4.69) is 25.7 Å². The number of aromatic hydroxyl groups is 1. The molecule has 3 heteroatoms. The zero-order valence-electron chi connectivity index (χ0n) is 15.6. The molecule has 4 aliphatic rings. The third kappa shape index (κ3) is 2.08. The molecule has 1 aliphatic carbocycles. The van der Waals surface area contributed by atoms with Gasteiger partial charge in [0.1, 0.15) is 17.1 Å². The van der Waals surface area contributed by atoms with Crippen molar-refractivity contribution in [3.8, 4) is 5.75 Å². The molecule has 2 saturated heterocycles. The fourth-order valence-corrected chi connectivity index (χ4v) is 6.40. The van der Waals surface area contributed by atoms with Gasteiger partial charge < -0.3 is 9.52 Å². The molecule has 5 unspecified atom stereocenters. The molecule has 134 valence electrons. The van der Waals surface area contributed by atoms with Crippen LogP contribution in [0.25, 0.3) is 11.0 Å². The Bertz CT molecular complexity index is 825. The highest BCUT2D eigenvalue weighted by Crippen LogP contribution is 2.58. The number of furan rings is 1. The largest absolute Gasteiger partial charge is 0.508 e. The first-order valence-electron chi connectivity index (χ1n) is 10.0. The van der Waals surface area contributed by atoms with Crippen LogP contribution in [0.15, 0.2) is 22.6 Å². The lowest BCUT2D eigenvalue weighted by Crippen LogP contribution is -2.63. The van der Waals surface area contributed by atoms with E-state index in [4.69, 9.17) is 4.42 Å². The molecule has 1 N–H and O–H groups in total. The van der Waals surface area contributed by atoms with Crippen molar-refractivity contribution in [1.29, 1.82) is 0 Å². The minimum Gasteiger partial charge on any atom is -0.508 e. The molecule has 1 aromatic heterocycles. The van der Waals surface area contributed by atoms with Gasteiger partial charge in [0.05, 0.1) is 0 Å². The number of hydrogen-bond acceptors (Lipinski definition) is 3. The monoisotopic (exact) mass is 339 g/mol. The van der Waals surface area contributed by atoms with Crippen molar-refractivity contribution in [2.75, 3.05) is 6.54 Å². The summed E-state index contributed by atoms with van der Waals surface area (Å²) in [5.41, 5.74) is 2.71. The smallest absolute Gasteiger partial charge is 0.134 e. The molecule has 0 radical (unpaired) electrons. The first-order valence-corrected chi connectivity index (χ1v) is 10.0. The van der Waals surface area contributed by atoms with Crippen molar-refractivity contribution in [1.82, 2.24) is 4.90 Å². The number of piperidine rings is 2. The first kappa shape index (κ1) is 15.7. The summed E-state index contributed by atoms with van der Waals surface area (Å²) in [6.45, 7) is 8.47. The van der Waals surface area contributed by atoms with Crippen molar-refractivity contribution in [2.24, 2.45) is 11.3 Å². The Morgan fingerprint density at radius 1 is 1.32 bits per heavy atom. The van der Waals surface area contributed by atoms with E-state index in [0.717, 1.165) is 23.3 Å². The highest BCUT2D eigenvalue weighted by Gasteiger charge is 2.56. The number of hydrogen-bond donors (Lipinski definition) is 1. The lowest BCUT2D eigenvalue weighted by molar-refractivity contribution is -0.0910. The summed E-state index contributed by atoms with van der Waals surface area (Å²) in [6, 6.07) is 6.79. The molecule has 1 saturated carbocycles. The number of nitrogens with zero attached hydrogens (tertiary/aromatic N) is 1. The fourth-order valence-electron chi connectivity index (χ4n) is 6.40. The van der Waals surface area contributed by atoms with Crippen LogP contribution in [0.3, 0.4) is 0 Å². The summed E-state index contributed by atoms with van der Waals surface area (Å²) in [7, 11) is 0. The van der Waals surface area contributed by atoms with Crippen molar-refractivity contribution in [2.45, 2.75) is 70.9 Å². The van der Waals surface area contributed by atoms with E-state index in [-0.39, 0.29) is 0 Å². The number of rotatable bonds is 2. The maximum atomic E-state index is 10.0. The van der Waals surface area contributed by atoms with E-state index in [1.54, 1.807) is 6.07 Å². The average Bonchev–Trinajstić information content (AvgIpc) is 2.92. The maximum absolute atomic E-state index is 10.0. The van der Waals surface area contributed by atoms with E-state index in [9.17, 15) is 5.11 Å². The SMILES string of the molecule is CC[C@@H]1Cc2c(oc3ccc(O)cc23)C2CC3CN1C2C(C)(CC)C3. The maximum Gasteiger partial charge on any atom is 0.134 e. The molecule has 0 amide bonds. The minimum atomic E-state index is 0.344. The van der Waals surface area contributed by atoms with Crippen LogP contribution in [0.4, 0.5) is 0 Å². The molecule has 1 aromatic carbocycles. The standard InChI is InChI=1S/C22H29NO2/c1-4-14-9-17-16-10-15(24)6-7-19(16)25-20(17)18-8-13-11-22(3,5-2)21(18)23(14)12-13/h6-7,10,13-14,18,21,24H,4-5,8-9,11-12H2,1-3H3/t13?,14-,18?,21?,22?/m1/s1. The predicted octanol–water partition coefficient (Wildman–Crippen LogP) is 5.07. The van der Waals surface area contributed by atoms with Crippen molar-refractivity contribution < 1.29 is 9.52 Å². The van der Waals surface area contributed by atoms with E-state index < -0.39 is 0 Å². The molecular formula is C22H29NO2. The minimum absolute atomic E-state index is 0.344. The molecule has 4 bridgehead atoms. The Morgan fingerprint density at radius 2 is 2.16 bits per heavy atom. The second kappa shape index (κ2) is 5.26. The molecule has 6 atom stereocenters. The van der Waals surface area contributed by atoms with Gasteiger partial charge in [0, 0.05) is 35.5 Å². The zero-order valence-corrected chi connectivity index (χ0v) is 15.6. The highest BCUT2D eigenvalue weighted by molar-refractivity contribution is 5.84. The third-order valence-corrected chi connectivity index (χ3v) is 7.59. The third-order valence-electron chi connectivity index (χ3n) is 7.59. The van der Waals surface area contributed by atoms with E-state index in [1.165, 1.54) is 43.6 Å². The molecule has 2 aromatic rings. The summed E-state index contributed by atoms with van der Waals surface area (Å²) in [5, 5.41) is 11.1. The van der Waals surface area contributed by atoms with Crippen LogP contribution in [-0.2, 0) is 6.42 Å². The van der Waals surface area contributed by atoms with Gasteiger partial charge in [0.15, 0.2) is 0 Å². The van der Waals surface area contributed by atoms with Crippen LogP contribution in [0.5, 0.6) is 5.75 Å². The Hall–Kier alpha value is -1.48. The summed E-state index contributed by atoms with van der Waals surface area (Å²) in [6.07, 6.45) is 6.12. The summed E-state index contributed by atoms with van der Waals surface area (Å²) < 4.78 is 6.46. The van der Waals surface area contributed by atoms with E-state index in [0.29, 0.717) is 29.2 Å². The van der Waals surface area contributed by atoms with Gasteiger partial charge in [-0.25, -0.2) is 0 Å². The zero-order chi connectivity index (χ0) is 17.3. The van der Waals surface area contributed by atoms with Gasteiger partial charge in [-0.1, -0.05) is 20.8 Å². The van der Waals surface area contributed by atoms with Crippen molar-refractivity contribution >= 4 is 11.0 Å². The average molecular weight is 339 g/mol. The van der Waals surface area contributed by atoms with Crippen LogP contribution < -0.4 is 0 Å². The number of fused-ring (bicyclic) bond motifs is 4.